The highest BCUT2D eigenvalue weighted by Gasteiger charge is 2.42. The van der Waals surface area contributed by atoms with Crippen molar-refractivity contribution in [3.05, 3.63) is 47.0 Å². The Balaban J connectivity index is 1.66. The van der Waals surface area contributed by atoms with E-state index < -0.39 is 11.5 Å². The third kappa shape index (κ3) is 5.65. The molecule has 6 heteroatoms. The smallest absolute Gasteiger partial charge is 0.329 e. The lowest BCUT2D eigenvalue weighted by molar-refractivity contribution is -0.144. The van der Waals surface area contributed by atoms with Crippen molar-refractivity contribution >= 4 is 11.7 Å². The number of aryl methyl sites for hydroxylation is 1. The fourth-order valence-corrected chi connectivity index (χ4v) is 5.52. The third-order valence-corrected chi connectivity index (χ3v) is 7.95. The van der Waals surface area contributed by atoms with Crippen molar-refractivity contribution in [3.63, 3.8) is 0 Å². The Labute approximate surface area is 209 Å². The lowest BCUT2D eigenvalue weighted by atomic mass is 9.80. The number of nitrogens with one attached hydrogen (secondary N) is 1. The Hall–Kier alpha value is -2.57. The van der Waals surface area contributed by atoms with Gasteiger partial charge in [0.25, 0.3) is 0 Å². The molecule has 0 unspecified atom stereocenters. The van der Waals surface area contributed by atoms with Gasteiger partial charge in [-0.15, -0.1) is 0 Å². The molecule has 2 aliphatic carbocycles. The fraction of sp³-hybridized carbons (Fsp3) is 0.552. The van der Waals surface area contributed by atoms with Crippen LogP contribution in [0.4, 0.5) is 5.69 Å². The van der Waals surface area contributed by atoms with Crippen LogP contribution in [0.2, 0.25) is 0 Å². The Morgan fingerprint density at radius 3 is 2.37 bits per heavy atom. The van der Waals surface area contributed by atoms with Gasteiger partial charge in [-0.1, -0.05) is 25.0 Å². The van der Waals surface area contributed by atoms with Crippen LogP contribution >= 0.6 is 0 Å². The zero-order valence-corrected chi connectivity index (χ0v) is 21.5. The summed E-state index contributed by atoms with van der Waals surface area (Å²) in [6.45, 7) is 4.66. The summed E-state index contributed by atoms with van der Waals surface area (Å²) in [5.74, 6) is 0.0587. The maximum absolute atomic E-state index is 12.3. The van der Waals surface area contributed by atoms with Crippen LogP contribution in [0.15, 0.2) is 30.3 Å². The molecule has 0 spiro atoms. The van der Waals surface area contributed by atoms with Crippen molar-refractivity contribution in [1.82, 2.24) is 0 Å². The van der Waals surface area contributed by atoms with E-state index in [9.17, 15) is 9.90 Å². The number of rotatable bonds is 9. The van der Waals surface area contributed by atoms with Crippen LogP contribution in [-0.4, -0.2) is 43.0 Å². The fourth-order valence-electron chi connectivity index (χ4n) is 5.52. The molecule has 2 fully saturated rings. The van der Waals surface area contributed by atoms with Crippen molar-refractivity contribution < 1.29 is 24.1 Å². The summed E-state index contributed by atoms with van der Waals surface area (Å²) in [5, 5.41) is 13.5. The van der Waals surface area contributed by atoms with E-state index in [1.54, 1.807) is 14.2 Å². The van der Waals surface area contributed by atoms with E-state index >= 15 is 0 Å². The molecule has 0 saturated heterocycles. The Kier molecular flexibility index (Phi) is 8.02. The lowest BCUT2D eigenvalue weighted by Crippen LogP contribution is -2.50. The summed E-state index contributed by atoms with van der Waals surface area (Å²) >= 11 is 0. The second-order valence-electron chi connectivity index (χ2n) is 10.2. The summed E-state index contributed by atoms with van der Waals surface area (Å²) in [6, 6.07) is 10.4. The van der Waals surface area contributed by atoms with Crippen molar-refractivity contribution in [2.24, 2.45) is 0 Å². The zero-order chi connectivity index (χ0) is 25.0. The molecule has 0 heterocycles. The number of carboxylic acids is 1. The van der Waals surface area contributed by atoms with E-state index in [1.165, 1.54) is 18.4 Å². The number of carbonyl (C=O) groups is 1. The molecule has 2 saturated carbocycles. The topological polar surface area (TPSA) is 77.0 Å². The molecule has 0 amide bonds. The number of aliphatic carboxylic acids is 1. The van der Waals surface area contributed by atoms with Gasteiger partial charge >= 0.3 is 5.97 Å². The van der Waals surface area contributed by atoms with Crippen LogP contribution in [0.1, 0.15) is 68.1 Å². The van der Waals surface area contributed by atoms with Gasteiger partial charge in [-0.3, -0.25) is 0 Å². The molecule has 190 valence electrons. The number of carboxylic acid groups (broad SMARTS) is 1. The SMILES string of the molecule is COc1cc(-c2ccc(NC3(C(=O)O)CCC(OC)CC3)cc2COC2CCCC2)cc(C)c1C. The second kappa shape index (κ2) is 11.0. The van der Waals surface area contributed by atoms with Gasteiger partial charge in [0.15, 0.2) is 0 Å². The maximum atomic E-state index is 12.3. The lowest BCUT2D eigenvalue weighted by Gasteiger charge is -2.37. The highest BCUT2D eigenvalue weighted by atomic mass is 16.5. The van der Waals surface area contributed by atoms with E-state index in [-0.39, 0.29) is 6.10 Å². The molecule has 6 nitrogen and oxygen atoms in total. The summed E-state index contributed by atoms with van der Waals surface area (Å²) in [6.07, 6.45) is 7.59. The molecule has 0 atom stereocenters. The van der Waals surface area contributed by atoms with Crippen molar-refractivity contribution in [3.8, 4) is 16.9 Å². The second-order valence-corrected chi connectivity index (χ2v) is 10.2. The number of hydrogen-bond donors (Lipinski definition) is 2. The highest BCUT2D eigenvalue weighted by Crippen LogP contribution is 2.37. The molecule has 2 aliphatic rings. The highest BCUT2D eigenvalue weighted by molar-refractivity contribution is 5.83. The molecular weight excluding hydrogens is 442 g/mol. The third-order valence-electron chi connectivity index (χ3n) is 7.95. The molecule has 0 radical (unpaired) electrons. The van der Waals surface area contributed by atoms with E-state index in [4.69, 9.17) is 14.2 Å². The van der Waals surface area contributed by atoms with Crippen LogP contribution in [0, 0.1) is 13.8 Å². The van der Waals surface area contributed by atoms with E-state index in [0.717, 1.165) is 59.4 Å². The molecule has 35 heavy (non-hydrogen) atoms. The minimum Gasteiger partial charge on any atom is -0.496 e. The molecular formula is C29H39NO5. The van der Waals surface area contributed by atoms with Crippen molar-refractivity contribution in [1.29, 1.82) is 0 Å². The normalized spacial score (nSPS) is 22.8. The number of hydrogen-bond acceptors (Lipinski definition) is 5. The van der Waals surface area contributed by atoms with E-state index in [2.05, 4.69) is 43.4 Å². The number of benzene rings is 2. The minimum absolute atomic E-state index is 0.127. The molecule has 0 bridgehead atoms. The Morgan fingerprint density at radius 1 is 1.03 bits per heavy atom. The summed E-state index contributed by atoms with van der Waals surface area (Å²) in [7, 11) is 3.40. The monoisotopic (exact) mass is 481 g/mol. The summed E-state index contributed by atoms with van der Waals surface area (Å²) < 4.78 is 17.4. The maximum Gasteiger partial charge on any atom is 0.329 e. The van der Waals surface area contributed by atoms with Gasteiger partial charge in [0.2, 0.25) is 0 Å². The van der Waals surface area contributed by atoms with Gasteiger partial charge in [-0.2, -0.15) is 0 Å². The molecule has 2 aromatic carbocycles. The van der Waals surface area contributed by atoms with Gasteiger partial charge in [0, 0.05) is 12.8 Å². The molecule has 2 N–H and O–H groups in total. The van der Waals surface area contributed by atoms with Crippen LogP contribution in [0.25, 0.3) is 11.1 Å². The molecule has 0 aliphatic heterocycles. The van der Waals surface area contributed by atoms with Gasteiger partial charge in [0.1, 0.15) is 11.3 Å². The molecule has 4 rings (SSSR count). The summed E-state index contributed by atoms with van der Waals surface area (Å²) in [4.78, 5) is 12.3. The van der Waals surface area contributed by atoms with Crippen LogP contribution in [-0.2, 0) is 20.9 Å². The quantitative estimate of drug-likeness (QED) is 0.440. The largest absolute Gasteiger partial charge is 0.496 e. The first-order valence-corrected chi connectivity index (χ1v) is 12.8. The zero-order valence-electron chi connectivity index (χ0n) is 21.5. The first-order valence-electron chi connectivity index (χ1n) is 12.8. The van der Waals surface area contributed by atoms with Crippen molar-refractivity contribution in [2.75, 3.05) is 19.5 Å². The standard InChI is InChI=1S/C29H39NO5/c1-19-15-21(17-27(34-4)20(19)2)26-10-9-23(16-22(26)18-35-25-7-5-6-8-25)30-29(28(31)32)13-11-24(33-3)12-14-29/h9-10,15-17,24-25,30H,5-8,11-14,18H2,1-4H3,(H,31,32). The average Bonchev–Trinajstić information content (AvgIpc) is 3.38. The van der Waals surface area contributed by atoms with Crippen LogP contribution in [0.5, 0.6) is 5.75 Å². The van der Waals surface area contributed by atoms with E-state index in [1.807, 2.05) is 6.07 Å². The predicted molar refractivity (Wildman–Crippen MR) is 138 cm³/mol. The predicted octanol–water partition coefficient (Wildman–Crippen LogP) is 6.26. The molecule has 2 aromatic rings. The first kappa shape index (κ1) is 25.5. The van der Waals surface area contributed by atoms with Gasteiger partial charge in [0.05, 0.1) is 25.9 Å². The Morgan fingerprint density at radius 2 is 1.74 bits per heavy atom. The van der Waals surface area contributed by atoms with Gasteiger partial charge in [-0.25, -0.2) is 4.79 Å². The molecule has 0 aromatic heterocycles. The van der Waals surface area contributed by atoms with E-state index in [0.29, 0.717) is 25.6 Å². The number of ether oxygens (including phenoxy) is 3. The van der Waals surface area contributed by atoms with Gasteiger partial charge < -0.3 is 24.6 Å². The average molecular weight is 482 g/mol. The van der Waals surface area contributed by atoms with Crippen LogP contribution in [0.3, 0.4) is 0 Å². The minimum atomic E-state index is -0.982. The summed E-state index contributed by atoms with van der Waals surface area (Å²) in [5.41, 5.74) is 5.35. The number of anilines is 1. The Bertz CT molecular complexity index is 1040. The first-order chi connectivity index (χ1) is 16.8. The number of methoxy groups -OCH3 is 2. The van der Waals surface area contributed by atoms with Gasteiger partial charge in [-0.05, 0) is 98.4 Å². The van der Waals surface area contributed by atoms with Crippen LogP contribution < -0.4 is 10.1 Å². The van der Waals surface area contributed by atoms with Crippen molar-refractivity contribution in [2.45, 2.75) is 89.6 Å².